The van der Waals surface area contributed by atoms with Crippen LogP contribution in [-0.2, 0) is 0 Å². The highest BCUT2D eigenvalue weighted by molar-refractivity contribution is 8.00. The first-order chi connectivity index (χ1) is 6.79. The molecule has 0 fully saturated rings. The first kappa shape index (κ1) is 11.6. The van der Waals surface area contributed by atoms with Crippen molar-refractivity contribution in [2.75, 3.05) is 0 Å². The summed E-state index contributed by atoms with van der Waals surface area (Å²) in [7, 11) is 0. The number of alkyl halides is 3. The third kappa shape index (κ3) is 3.31. The zero-order valence-electron chi connectivity index (χ0n) is 6.99. The van der Waals surface area contributed by atoms with Crippen molar-refractivity contribution in [3.63, 3.8) is 0 Å². The van der Waals surface area contributed by atoms with E-state index in [1.54, 1.807) is 0 Å². The lowest BCUT2D eigenvalue weighted by Crippen LogP contribution is -1.99. The van der Waals surface area contributed by atoms with Gasteiger partial charge in [-0.05, 0) is 23.9 Å². The number of phenolic OH excluding ortho intramolecular Hbond substituents is 1. The molecule has 1 aromatic rings. The van der Waals surface area contributed by atoms with Gasteiger partial charge in [0.15, 0.2) is 5.75 Å². The molecule has 1 N–H and O–H groups in total. The first-order valence-corrected chi connectivity index (χ1v) is 4.34. The number of benzene rings is 1. The molecule has 0 saturated carbocycles. The fraction of sp³-hybridized carbons (Fsp3) is 0.143. The van der Waals surface area contributed by atoms with Gasteiger partial charge in [0.05, 0.1) is 4.92 Å². The minimum atomic E-state index is -4.51. The molecule has 1 aromatic carbocycles. The fourth-order valence-corrected chi connectivity index (χ4v) is 1.42. The van der Waals surface area contributed by atoms with Crippen molar-refractivity contribution >= 4 is 17.4 Å². The molecule has 4 nitrogen and oxygen atoms in total. The van der Waals surface area contributed by atoms with E-state index in [0.717, 1.165) is 12.1 Å². The molecule has 0 radical (unpaired) electrons. The van der Waals surface area contributed by atoms with Crippen molar-refractivity contribution in [1.29, 1.82) is 0 Å². The molecule has 0 bridgehead atoms. The van der Waals surface area contributed by atoms with Gasteiger partial charge >= 0.3 is 11.2 Å². The van der Waals surface area contributed by atoms with Crippen LogP contribution in [0.2, 0.25) is 0 Å². The topological polar surface area (TPSA) is 63.4 Å². The molecular formula is C7H4F3NO3S. The molecule has 0 unspecified atom stereocenters. The second-order valence-corrected chi connectivity index (χ2v) is 3.59. The summed E-state index contributed by atoms with van der Waals surface area (Å²) >= 11 is -0.475. The zero-order chi connectivity index (χ0) is 11.6. The van der Waals surface area contributed by atoms with Crippen LogP contribution in [0, 0.1) is 10.1 Å². The van der Waals surface area contributed by atoms with E-state index in [4.69, 9.17) is 5.11 Å². The van der Waals surface area contributed by atoms with E-state index >= 15 is 0 Å². The van der Waals surface area contributed by atoms with E-state index in [1.165, 1.54) is 0 Å². The van der Waals surface area contributed by atoms with E-state index in [1.807, 2.05) is 0 Å². The lowest BCUT2D eigenvalue weighted by atomic mass is 10.3. The molecule has 0 aliphatic rings. The lowest BCUT2D eigenvalue weighted by molar-refractivity contribution is -0.386. The Labute approximate surface area is 85.9 Å². The van der Waals surface area contributed by atoms with Crippen LogP contribution in [0.4, 0.5) is 18.9 Å². The van der Waals surface area contributed by atoms with Gasteiger partial charge in [-0.25, -0.2) is 0 Å². The molecule has 8 heteroatoms. The number of nitro benzene ring substituents is 1. The summed E-state index contributed by atoms with van der Waals surface area (Å²) in [5, 5.41) is 19.3. The van der Waals surface area contributed by atoms with E-state index < -0.39 is 33.6 Å². The van der Waals surface area contributed by atoms with Gasteiger partial charge in [-0.3, -0.25) is 10.1 Å². The molecule has 0 heterocycles. The number of aromatic hydroxyl groups is 1. The van der Waals surface area contributed by atoms with Crippen LogP contribution in [0.15, 0.2) is 23.1 Å². The van der Waals surface area contributed by atoms with E-state index in [2.05, 4.69) is 0 Å². The third-order valence-corrected chi connectivity index (χ3v) is 2.10. The van der Waals surface area contributed by atoms with Gasteiger partial charge in [-0.2, -0.15) is 13.2 Å². The monoisotopic (exact) mass is 239 g/mol. The van der Waals surface area contributed by atoms with Crippen molar-refractivity contribution in [1.82, 2.24) is 0 Å². The Morgan fingerprint density at radius 2 is 2.00 bits per heavy atom. The number of phenols is 1. The Balaban J connectivity index is 3.03. The number of halogens is 3. The number of thioether (sulfide) groups is 1. The summed E-state index contributed by atoms with van der Waals surface area (Å²) in [4.78, 5) is 9.01. The molecule has 0 aromatic heterocycles. The Morgan fingerprint density at radius 3 is 2.47 bits per heavy atom. The normalized spacial score (nSPS) is 11.4. The van der Waals surface area contributed by atoms with Gasteiger partial charge in [0, 0.05) is 11.0 Å². The predicted octanol–water partition coefficient (Wildman–Crippen LogP) is 2.91. The van der Waals surface area contributed by atoms with Crippen molar-refractivity contribution < 1.29 is 23.2 Å². The summed E-state index contributed by atoms with van der Waals surface area (Å²) in [6.07, 6.45) is 0. The molecule has 0 amide bonds. The van der Waals surface area contributed by atoms with Crippen LogP contribution in [0.25, 0.3) is 0 Å². The Kier molecular flexibility index (Phi) is 3.08. The summed E-state index contributed by atoms with van der Waals surface area (Å²) in [6.45, 7) is 0. The van der Waals surface area contributed by atoms with Gasteiger partial charge in [0.2, 0.25) is 0 Å². The van der Waals surface area contributed by atoms with Crippen LogP contribution in [-0.4, -0.2) is 15.5 Å². The number of rotatable bonds is 2. The highest BCUT2D eigenvalue weighted by Gasteiger charge is 2.30. The Bertz CT molecular complexity index is 394. The molecule has 15 heavy (non-hydrogen) atoms. The third-order valence-electron chi connectivity index (χ3n) is 1.38. The fourth-order valence-electron chi connectivity index (χ4n) is 0.847. The number of hydrogen-bond donors (Lipinski definition) is 1. The van der Waals surface area contributed by atoms with Gasteiger partial charge in [-0.15, -0.1) is 0 Å². The lowest BCUT2D eigenvalue weighted by Gasteiger charge is -2.05. The second kappa shape index (κ2) is 3.97. The van der Waals surface area contributed by atoms with Crippen LogP contribution >= 0.6 is 11.8 Å². The average molecular weight is 239 g/mol. The zero-order valence-corrected chi connectivity index (χ0v) is 7.80. The van der Waals surface area contributed by atoms with E-state index in [-0.39, 0.29) is 4.90 Å². The highest BCUT2D eigenvalue weighted by Crippen LogP contribution is 2.39. The van der Waals surface area contributed by atoms with Crippen molar-refractivity contribution in [3.05, 3.63) is 28.3 Å². The van der Waals surface area contributed by atoms with Gasteiger partial charge in [0.25, 0.3) is 0 Å². The maximum Gasteiger partial charge on any atom is 0.446 e. The maximum atomic E-state index is 11.9. The molecule has 0 saturated heterocycles. The van der Waals surface area contributed by atoms with Crippen LogP contribution < -0.4 is 0 Å². The second-order valence-electron chi connectivity index (χ2n) is 2.46. The molecule has 1 rings (SSSR count). The van der Waals surface area contributed by atoms with E-state index in [9.17, 15) is 23.3 Å². The summed E-state index contributed by atoms with van der Waals surface area (Å²) in [6, 6.07) is 2.49. The molecule has 82 valence electrons. The quantitative estimate of drug-likeness (QED) is 0.489. The van der Waals surface area contributed by atoms with Crippen molar-refractivity contribution in [2.24, 2.45) is 0 Å². The molecule has 0 atom stereocenters. The van der Waals surface area contributed by atoms with Crippen LogP contribution in [0.5, 0.6) is 5.75 Å². The minimum Gasteiger partial charge on any atom is -0.502 e. The van der Waals surface area contributed by atoms with E-state index in [0.29, 0.717) is 6.07 Å². The molecule has 0 aliphatic heterocycles. The molecular weight excluding hydrogens is 235 g/mol. The standard InChI is InChI=1S/C7H4F3NO3S/c8-7(9,10)15-4-1-2-6(12)5(3-4)11(13)14/h1-3,12H. The van der Waals surface area contributed by atoms with Crippen molar-refractivity contribution in [2.45, 2.75) is 10.4 Å². The molecule has 0 aliphatic carbocycles. The van der Waals surface area contributed by atoms with Crippen LogP contribution in [0.3, 0.4) is 0 Å². The summed E-state index contributed by atoms with van der Waals surface area (Å²) < 4.78 is 35.7. The minimum absolute atomic E-state index is 0.341. The SMILES string of the molecule is O=[N+]([O-])c1cc(SC(F)(F)F)ccc1O. The maximum absolute atomic E-state index is 11.9. The predicted molar refractivity (Wildman–Crippen MR) is 46.7 cm³/mol. The Morgan fingerprint density at radius 1 is 1.40 bits per heavy atom. The van der Waals surface area contributed by atoms with Crippen molar-refractivity contribution in [3.8, 4) is 5.75 Å². The van der Waals surface area contributed by atoms with Gasteiger partial charge < -0.3 is 5.11 Å². The summed E-state index contributed by atoms with van der Waals surface area (Å²) in [5.74, 6) is -0.661. The largest absolute Gasteiger partial charge is 0.502 e. The highest BCUT2D eigenvalue weighted by atomic mass is 32.2. The van der Waals surface area contributed by atoms with Crippen LogP contribution in [0.1, 0.15) is 0 Å². The average Bonchev–Trinajstić information content (AvgIpc) is 2.05. The number of nitro groups is 1. The summed E-state index contributed by atoms with van der Waals surface area (Å²) in [5.41, 5.74) is -5.26. The first-order valence-electron chi connectivity index (χ1n) is 3.53. The Hall–Kier alpha value is -1.44. The van der Waals surface area contributed by atoms with Gasteiger partial charge in [0.1, 0.15) is 0 Å². The van der Waals surface area contributed by atoms with Gasteiger partial charge in [-0.1, -0.05) is 0 Å². The smallest absolute Gasteiger partial charge is 0.446 e. The molecule has 0 spiro atoms. The number of hydrogen-bond acceptors (Lipinski definition) is 4. The number of nitrogens with zero attached hydrogens (tertiary/aromatic N) is 1.